The molecule has 0 spiro atoms. The first kappa shape index (κ1) is 109. The van der Waals surface area contributed by atoms with Crippen molar-refractivity contribution in [2.45, 2.75) is 202 Å². The summed E-state index contributed by atoms with van der Waals surface area (Å²) in [5, 5.41) is 105. The Morgan fingerprint density at radius 2 is 0.719 bits per heavy atom. The lowest BCUT2D eigenvalue weighted by molar-refractivity contribution is -0.139. The van der Waals surface area contributed by atoms with Crippen molar-refractivity contribution in [2.24, 2.45) is 0 Å². The minimum Gasteiger partial charge on any atom is -0.457 e. The summed E-state index contributed by atoms with van der Waals surface area (Å²) in [7, 11) is 0. The average Bonchev–Trinajstić information content (AvgIpc) is 1.46. The predicted molar refractivity (Wildman–Crippen MR) is 499 cm³/mol. The topological polar surface area (TPSA) is 595 Å². The molecule has 128 heavy (non-hydrogen) atoms. The molecule has 15 N–H and O–H groups in total. The molecule has 5 unspecified atom stereocenters. The molecule has 10 rings (SSSR count). The first-order chi connectivity index (χ1) is 59.0. The number of nitrogens with zero attached hydrogens (tertiary/aromatic N) is 5. The number of aliphatic hydroxyl groups is 10. The number of ether oxygens (including phenoxy) is 6. The number of rotatable bonds is 30. The monoisotopic (exact) mass is 1900 g/mol. The highest BCUT2D eigenvalue weighted by molar-refractivity contribution is 7.73. The van der Waals surface area contributed by atoms with Gasteiger partial charge in [0.1, 0.15) is 78.2 Å². The zero-order valence-corrected chi connectivity index (χ0v) is 79.3. The third-order valence-corrected chi connectivity index (χ3v) is 28.1. The number of aromatic nitrogens is 8. The summed E-state index contributed by atoms with van der Waals surface area (Å²) >= 11 is 0. The van der Waals surface area contributed by atoms with E-state index in [9.17, 15) is 118 Å². The molecule has 45 heteroatoms. The molecule has 6 aliphatic rings. The van der Waals surface area contributed by atoms with Crippen molar-refractivity contribution in [3.05, 3.63) is 167 Å². The van der Waals surface area contributed by atoms with Gasteiger partial charge in [0, 0.05) is 43.5 Å². The number of H-pyrrole nitrogens is 4. The normalized spacial score (nSPS) is 27.2. The zero-order valence-electron chi connectivity index (χ0n) is 74.8. The van der Waals surface area contributed by atoms with E-state index in [0.717, 1.165) is 68.7 Å². The van der Waals surface area contributed by atoms with Crippen molar-refractivity contribution >= 4 is 113 Å². The van der Waals surface area contributed by atoms with Gasteiger partial charge < -0.3 is 89.7 Å². The van der Waals surface area contributed by atoms with Crippen LogP contribution >= 0.6 is 34.4 Å². The molecule has 40 nitrogen and oxygen atoms in total. The number of nitrogens with one attached hydrogen (secondary N) is 5. The van der Waals surface area contributed by atoms with Gasteiger partial charge in [-0.2, -0.15) is 0 Å². The van der Waals surface area contributed by atoms with Crippen LogP contribution < -0.4 is 50.3 Å². The maximum absolute atomic E-state index is 12.2. The number of ketones is 4. The Balaban J connectivity index is 0.000000247. The van der Waals surface area contributed by atoms with Crippen LogP contribution in [0, 0.1) is 0 Å². The fraction of sp³-hybridized carbons (Fsp3) is 0.578. The summed E-state index contributed by atoms with van der Waals surface area (Å²) in [6.07, 6.45) is 18.5. The Morgan fingerprint density at radius 3 is 1.02 bits per heavy atom. The van der Waals surface area contributed by atoms with Crippen LogP contribution in [-0.2, 0) is 47.6 Å². The highest BCUT2D eigenvalue weighted by Gasteiger charge is 2.50. The van der Waals surface area contributed by atoms with Crippen molar-refractivity contribution < 1.29 is 108 Å². The average molecular weight is 1900 g/mol. The van der Waals surface area contributed by atoms with E-state index in [2.05, 4.69) is 98.1 Å². The molecule has 6 aliphatic heterocycles. The van der Waals surface area contributed by atoms with Crippen LogP contribution in [0.25, 0.3) is 12.2 Å². The quantitative estimate of drug-likeness (QED) is 0.0101. The van der Waals surface area contributed by atoms with Crippen molar-refractivity contribution in [3.8, 4) is 0 Å². The van der Waals surface area contributed by atoms with Gasteiger partial charge in [0.2, 0.25) is 5.78 Å². The van der Waals surface area contributed by atoms with Crippen LogP contribution in [0.3, 0.4) is 0 Å². The lowest BCUT2D eigenvalue weighted by Crippen LogP contribution is -2.47. The lowest BCUT2D eigenvalue weighted by atomic mass is 10.1. The fourth-order valence-corrected chi connectivity index (χ4v) is 18.4. The van der Waals surface area contributed by atoms with Crippen molar-refractivity contribution in [1.82, 2.24) is 48.4 Å². The van der Waals surface area contributed by atoms with Crippen LogP contribution in [-0.4, -0.2) is 363 Å². The molecule has 0 radical (unpaired) electrons. The summed E-state index contributed by atoms with van der Waals surface area (Å²) in [5.41, 5.74) is -6.24. The molecule has 5 fully saturated rings. The second-order valence-electron chi connectivity index (χ2n) is 35.8. The molecule has 714 valence electrons. The van der Waals surface area contributed by atoms with E-state index in [-0.39, 0.29) is 22.8 Å². The van der Waals surface area contributed by atoms with E-state index < -0.39 is 244 Å². The Bertz CT molecular complexity index is 5570. The number of amides is 1. The Kier molecular flexibility index (Phi) is 39.0. The molecule has 4 aromatic heterocycles. The largest absolute Gasteiger partial charge is 0.457 e. The highest BCUT2D eigenvalue weighted by Crippen LogP contribution is 2.44. The molecule has 0 saturated carbocycles. The van der Waals surface area contributed by atoms with E-state index in [0.29, 0.717) is 55.2 Å². The summed E-state index contributed by atoms with van der Waals surface area (Å²) in [6.45, 7) is 24.4. The first-order valence-electron chi connectivity index (χ1n) is 40.9. The van der Waals surface area contributed by atoms with E-state index in [1.807, 2.05) is 43.6 Å². The number of allylic oxidation sites excluding steroid dienone is 2. The molecule has 20 atom stereocenters. The smallest absolute Gasteiger partial charge is 0.330 e. The predicted octanol–water partition coefficient (Wildman–Crippen LogP) is -0.707. The number of esters is 1. The summed E-state index contributed by atoms with van der Waals surface area (Å²) in [4.78, 5) is 175. The minimum atomic E-state index is -1.43. The van der Waals surface area contributed by atoms with E-state index >= 15 is 0 Å². The van der Waals surface area contributed by atoms with Crippen molar-refractivity contribution in [3.63, 3.8) is 0 Å². The van der Waals surface area contributed by atoms with Crippen molar-refractivity contribution in [2.75, 3.05) is 104 Å². The van der Waals surface area contributed by atoms with Crippen LogP contribution in [0.15, 0.2) is 99.5 Å². The summed E-state index contributed by atoms with van der Waals surface area (Å²) in [6, 6.07) is 0. The molecular formula is C83H127N10O30P5. The molecule has 0 aromatic carbocycles. The van der Waals surface area contributed by atoms with Gasteiger partial charge in [0.15, 0.2) is 49.3 Å². The second kappa shape index (κ2) is 45.9. The standard InChI is InChI=1S/C17H25N2O8P.C17H25N2O7P.C17H25N2O6P.C17H27N2O5P.C15H25N2O4P/c1-9(20)26-8-11(21)10-7-19(17(25)18-15(10)24)16-14(23)13(22)12(27-16)5-6-28(2,3)4;1-9(20)7-11(21)10-8-19(17(25)18-15(10)24)16-14(23)13(22)12(26-16)5-6-27(2,3)4;1-10(20)5-6-11-9-19(17(24)18-15(11)23)16-14(22)13(21)12(25-16)7-8-26(2,3)4;1-5-6-7-11-10-19(17(23)18-15(11)22)16-14(21)13(20)12(24-16)8-9-25(2,3)4;1-9-8-17(10(2)16-14(9)20)15-13(19)12(18)11(21-15)6-7-22(3,4)5/h7,12-14,16,22-23H,2,5-6,8H2,1,3-4H3,(H,18,24,25);8,12-14,16,22-23H,2,5-7H2,1,3-4H3,(H,18,24,25);5-6,9,12-14,16,21-22H,2,7-8H2,1,3-4H3,(H,18,23,24);6-7,10,12-14,16,20-21H,2,5,8-9H2,1,3-4H3,(H,18,22,23);8,11-13,15,18-19H,2-3,6-7H2,1,4-5H3,(H,16,20)/b;;6-5+;7-6+;/t4*12-,13-,14-,16?;11-,12-,13-,15?/m11111/s1. The maximum atomic E-state index is 12.2. The van der Waals surface area contributed by atoms with E-state index in [1.54, 1.807) is 30.2 Å². The van der Waals surface area contributed by atoms with Gasteiger partial charge >= 0.3 is 28.7 Å². The van der Waals surface area contributed by atoms with E-state index in [1.165, 1.54) is 38.4 Å². The first-order valence-corrected chi connectivity index (χ1v) is 56.2. The molecule has 10 heterocycles. The molecule has 0 bridgehead atoms. The number of carbonyl (C=O) groups is 6. The molecule has 1 amide bonds. The zero-order chi connectivity index (χ0) is 96.8. The fourth-order valence-electron chi connectivity index (χ4n) is 13.6. The van der Waals surface area contributed by atoms with Crippen molar-refractivity contribution in [1.29, 1.82) is 0 Å². The number of hydrogen-bond acceptors (Lipinski definition) is 31. The Hall–Kier alpha value is -8.00. The molecule has 5 saturated heterocycles. The van der Waals surface area contributed by atoms with Crippen LogP contribution in [0.2, 0.25) is 0 Å². The van der Waals surface area contributed by atoms with E-state index in [4.69, 9.17) is 23.7 Å². The molecule has 4 aromatic rings. The number of hydrogen-bond donors (Lipinski definition) is 15. The summed E-state index contributed by atoms with van der Waals surface area (Å²) in [5.74, 6) is -2.84. The van der Waals surface area contributed by atoms with Gasteiger partial charge in [-0.3, -0.25) is 86.1 Å². The lowest BCUT2D eigenvalue weighted by Gasteiger charge is -2.34. The van der Waals surface area contributed by atoms with Crippen LogP contribution in [0.5, 0.6) is 0 Å². The number of carbonyl (C=O) groups excluding carboxylic acids is 6. The number of Topliss-reactive ketones (excluding diaryl/α,β-unsaturated/α-hetero) is 3. The van der Waals surface area contributed by atoms with Gasteiger partial charge in [-0.1, -0.05) is 25.7 Å². The van der Waals surface area contributed by atoms with Gasteiger partial charge in [-0.05, 0) is 169 Å². The third kappa shape index (κ3) is 31.1. The van der Waals surface area contributed by atoms with Gasteiger partial charge in [0.25, 0.3) is 28.1 Å². The van der Waals surface area contributed by atoms with Gasteiger partial charge in [-0.15, -0.1) is 65.9 Å². The van der Waals surface area contributed by atoms with Crippen LogP contribution in [0.4, 0.5) is 0 Å². The maximum Gasteiger partial charge on any atom is 0.330 e. The molecular weight excluding hydrogens is 1770 g/mol. The summed E-state index contributed by atoms with van der Waals surface area (Å²) < 4.78 is 37.1. The number of aromatic amines is 4. The molecule has 0 aliphatic carbocycles. The Morgan fingerprint density at radius 1 is 0.430 bits per heavy atom. The Labute approximate surface area is 739 Å². The minimum absolute atomic E-state index is 0.0679. The van der Waals surface area contributed by atoms with Gasteiger partial charge in [0.05, 0.1) is 53.6 Å². The third-order valence-electron chi connectivity index (χ3n) is 20.8. The highest BCUT2D eigenvalue weighted by atomic mass is 31.2. The SMILES string of the molecule is C=C1NC(=O)C(C)=CN1C1O[C@H](CCP(=C)(C)C)[C@@H](O)[C@H]1O.C=P(C)(C)CC[C@H]1OC(n2cc(/C=C/C(C)=O)c(=O)[nH]c2=O)[C@H](O)[C@@H]1O.C=P(C)(C)CC[C@H]1OC(n2cc(/C=C/CC)c(=O)[nH]c2=O)[C@H](O)[C@@H]1O.C=P(C)(C)CC[C@H]1OC(n2cc(C(=O)CC(C)=O)c(=O)[nH]c2=O)[C@H](O)[C@@H]1O.C=P(C)(C)CC[C@H]1OC(n2cc(C(=O)COC(C)=O)c(=O)[nH]c2=O)[C@H](O)[C@@H]1O. The second-order valence-corrected chi connectivity index (χ2v) is 57.4. The van der Waals surface area contributed by atoms with Gasteiger partial charge in [-0.25, -0.2) is 19.2 Å². The van der Waals surface area contributed by atoms with Crippen LogP contribution in [0.1, 0.15) is 136 Å². The number of aliphatic hydroxyl groups excluding tert-OH is 10.